The van der Waals surface area contributed by atoms with Crippen LogP contribution in [0.4, 0.5) is 5.82 Å². The van der Waals surface area contributed by atoms with Crippen LogP contribution in [0.1, 0.15) is 34.1 Å². The zero-order valence-electron chi connectivity index (χ0n) is 10.8. The topological polar surface area (TPSA) is 94.0 Å². The van der Waals surface area contributed by atoms with Crippen molar-refractivity contribution >= 4 is 11.7 Å². The Morgan fingerprint density at radius 3 is 3.25 bits per heavy atom. The first-order chi connectivity index (χ1) is 9.68. The highest BCUT2D eigenvalue weighted by atomic mass is 16.4. The molecule has 0 saturated carbocycles. The van der Waals surface area contributed by atoms with Gasteiger partial charge in [0.25, 0.3) is 5.89 Å². The molecule has 1 amide bonds. The second-order valence-electron chi connectivity index (χ2n) is 5.46. The number of hydrogen-bond acceptors (Lipinski definition) is 5. The highest BCUT2D eigenvalue weighted by Gasteiger charge is 2.43. The fourth-order valence-corrected chi connectivity index (χ4v) is 3.29. The molecule has 2 aromatic rings. The Bertz CT molecular complexity index is 709. The van der Waals surface area contributed by atoms with Gasteiger partial charge in [-0.2, -0.15) is 0 Å². The molecule has 0 saturated heterocycles. The molecule has 4 rings (SSSR count). The molecule has 0 fully saturated rings. The molecule has 102 valence electrons. The molecule has 1 unspecified atom stereocenters. The minimum Gasteiger partial charge on any atom is -0.437 e. The number of amides is 1. The number of fused-ring (bicyclic) bond motifs is 3. The predicted octanol–water partition coefficient (Wildman–Crippen LogP) is 1.02. The quantitative estimate of drug-likeness (QED) is 0.806. The smallest absolute Gasteiger partial charge is 0.304 e. The van der Waals surface area contributed by atoms with E-state index in [0.29, 0.717) is 0 Å². The number of aromatic nitrogens is 2. The molecule has 0 radical (unpaired) electrons. The molecule has 3 heterocycles. The van der Waals surface area contributed by atoms with Gasteiger partial charge in [-0.15, -0.1) is 0 Å². The van der Waals surface area contributed by atoms with Crippen LogP contribution in [0, 0.1) is 0 Å². The number of nitrogens with zero attached hydrogens (tertiary/aromatic N) is 2. The summed E-state index contributed by atoms with van der Waals surface area (Å²) in [6.07, 6.45) is 4.27. The highest BCUT2D eigenvalue weighted by molar-refractivity contribution is 5.88. The number of carbonyl (C=O) groups is 1. The largest absolute Gasteiger partial charge is 0.437 e. The standard InChI is InChI=1S/C14H14N4O2/c15-11(19)13-18-9-6-14(4-3-10(9)20-13)7-17-12-8(14)2-1-5-16-12/h1-2,5H,3-4,6-7H2,(H2,15,19)(H,16,17). The zero-order chi connectivity index (χ0) is 13.7. The van der Waals surface area contributed by atoms with Crippen LogP contribution in [-0.4, -0.2) is 22.4 Å². The van der Waals surface area contributed by atoms with Crippen LogP contribution in [0.2, 0.25) is 0 Å². The lowest BCUT2D eigenvalue weighted by atomic mass is 9.72. The molecule has 1 atom stereocenters. The number of oxazole rings is 1. The van der Waals surface area contributed by atoms with E-state index in [9.17, 15) is 4.79 Å². The number of hydrogen-bond donors (Lipinski definition) is 2. The number of nitrogens with one attached hydrogen (secondary N) is 1. The van der Waals surface area contributed by atoms with Crippen LogP contribution in [0.25, 0.3) is 0 Å². The molecule has 1 aliphatic heterocycles. The molecule has 1 spiro atoms. The Kier molecular flexibility index (Phi) is 2.19. The summed E-state index contributed by atoms with van der Waals surface area (Å²) in [6, 6.07) is 4.07. The fourth-order valence-electron chi connectivity index (χ4n) is 3.29. The summed E-state index contributed by atoms with van der Waals surface area (Å²) in [7, 11) is 0. The molecular formula is C14H14N4O2. The number of nitrogens with two attached hydrogens (primary N) is 1. The van der Waals surface area contributed by atoms with E-state index in [-0.39, 0.29) is 11.3 Å². The van der Waals surface area contributed by atoms with Crippen LogP contribution in [0.3, 0.4) is 0 Å². The normalized spacial score (nSPS) is 23.2. The minimum atomic E-state index is -0.611. The minimum absolute atomic E-state index is 0.00236. The maximum Gasteiger partial charge on any atom is 0.304 e. The first-order valence-electron chi connectivity index (χ1n) is 6.66. The molecular weight excluding hydrogens is 256 g/mol. The van der Waals surface area contributed by atoms with Gasteiger partial charge in [0.1, 0.15) is 11.6 Å². The number of primary amides is 1. The molecule has 2 aliphatic rings. The van der Waals surface area contributed by atoms with Gasteiger partial charge >= 0.3 is 5.91 Å². The average molecular weight is 270 g/mol. The molecule has 1 aliphatic carbocycles. The third kappa shape index (κ3) is 1.47. The zero-order valence-corrected chi connectivity index (χ0v) is 10.8. The van der Waals surface area contributed by atoms with Crippen molar-refractivity contribution in [1.29, 1.82) is 0 Å². The number of aryl methyl sites for hydroxylation is 1. The maximum absolute atomic E-state index is 11.2. The summed E-state index contributed by atoms with van der Waals surface area (Å²) < 4.78 is 5.44. The lowest BCUT2D eigenvalue weighted by molar-refractivity contribution is 0.0965. The Labute approximate surface area is 115 Å². The van der Waals surface area contributed by atoms with Crippen LogP contribution in [0.5, 0.6) is 0 Å². The molecule has 6 heteroatoms. The third-order valence-electron chi connectivity index (χ3n) is 4.30. The van der Waals surface area contributed by atoms with E-state index < -0.39 is 5.91 Å². The van der Waals surface area contributed by atoms with E-state index in [1.807, 2.05) is 6.07 Å². The SMILES string of the molecule is NC(=O)c1nc2c(o1)CCC1(CNc3ncccc31)C2. The average Bonchev–Trinajstić information content (AvgIpc) is 3.02. The van der Waals surface area contributed by atoms with Crippen molar-refractivity contribution in [3.05, 3.63) is 41.2 Å². The third-order valence-corrected chi connectivity index (χ3v) is 4.30. The highest BCUT2D eigenvalue weighted by Crippen LogP contribution is 2.44. The summed E-state index contributed by atoms with van der Waals surface area (Å²) in [4.78, 5) is 19.8. The molecule has 0 aromatic carbocycles. The van der Waals surface area contributed by atoms with E-state index in [0.717, 1.165) is 43.1 Å². The Morgan fingerprint density at radius 1 is 1.50 bits per heavy atom. The molecule has 0 bridgehead atoms. The molecule has 20 heavy (non-hydrogen) atoms. The Balaban J connectivity index is 1.75. The predicted molar refractivity (Wildman–Crippen MR) is 71.5 cm³/mol. The van der Waals surface area contributed by atoms with Gasteiger partial charge in [0, 0.05) is 36.6 Å². The summed E-state index contributed by atoms with van der Waals surface area (Å²) in [5, 5.41) is 3.36. The number of anilines is 1. The summed E-state index contributed by atoms with van der Waals surface area (Å²) in [5.41, 5.74) is 7.31. The van der Waals surface area contributed by atoms with E-state index in [1.165, 1.54) is 5.56 Å². The van der Waals surface area contributed by atoms with Crippen molar-refractivity contribution in [2.24, 2.45) is 5.73 Å². The van der Waals surface area contributed by atoms with E-state index in [2.05, 4.69) is 21.4 Å². The monoisotopic (exact) mass is 270 g/mol. The summed E-state index contributed by atoms with van der Waals surface area (Å²) in [6.45, 7) is 0.845. The van der Waals surface area contributed by atoms with Gasteiger partial charge in [0.05, 0.1) is 5.69 Å². The Hall–Kier alpha value is -2.37. The number of pyridine rings is 1. The molecule has 6 nitrogen and oxygen atoms in total. The van der Waals surface area contributed by atoms with Gasteiger partial charge in [-0.1, -0.05) is 6.07 Å². The van der Waals surface area contributed by atoms with Crippen molar-refractivity contribution in [3.63, 3.8) is 0 Å². The van der Waals surface area contributed by atoms with Crippen LogP contribution in [-0.2, 0) is 18.3 Å². The first-order valence-corrected chi connectivity index (χ1v) is 6.66. The van der Waals surface area contributed by atoms with Gasteiger partial charge in [-0.25, -0.2) is 9.97 Å². The molecule has 3 N–H and O–H groups in total. The van der Waals surface area contributed by atoms with Crippen molar-refractivity contribution in [3.8, 4) is 0 Å². The van der Waals surface area contributed by atoms with Gasteiger partial charge in [-0.05, 0) is 12.5 Å². The van der Waals surface area contributed by atoms with Gasteiger partial charge in [0.2, 0.25) is 0 Å². The van der Waals surface area contributed by atoms with Crippen molar-refractivity contribution < 1.29 is 9.21 Å². The second-order valence-corrected chi connectivity index (χ2v) is 5.46. The molecule has 2 aromatic heterocycles. The number of rotatable bonds is 1. The number of carbonyl (C=O) groups excluding carboxylic acids is 1. The maximum atomic E-state index is 11.2. The fraction of sp³-hybridized carbons (Fsp3) is 0.357. The van der Waals surface area contributed by atoms with Crippen molar-refractivity contribution in [1.82, 2.24) is 9.97 Å². The van der Waals surface area contributed by atoms with Crippen LogP contribution < -0.4 is 11.1 Å². The van der Waals surface area contributed by atoms with Crippen LogP contribution >= 0.6 is 0 Å². The second kappa shape index (κ2) is 3.82. The van der Waals surface area contributed by atoms with Crippen LogP contribution in [0.15, 0.2) is 22.7 Å². The lowest BCUT2D eigenvalue weighted by Gasteiger charge is -2.31. The van der Waals surface area contributed by atoms with Gasteiger partial charge in [-0.3, -0.25) is 4.79 Å². The Morgan fingerprint density at radius 2 is 2.40 bits per heavy atom. The van der Waals surface area contributed by atoms with Crippen molar-refractivity contribution in [2.45, 2.75) is 24.7 Å². The lowest BCUT2D eigenvalue weighted by Crippen LogP contribution is -2.35. The van der Waals surface area contributed by atoms with E-state index in [4.69, 9.17) is 10.2 Å². The van der Waals surface area contributed by atoms with E-state index in [1.54, 1.807) is 6.20 Å². The van der Waals surface area contributed by atoms with Gasteiger partial charge in [0.15, 0.2) is 0 Å². The van der Waals surface area contributed by atoms with E-state index >= 15 is 0 Å². The summed E-state index contributed by atoms with van der Waals surface area (Å²) in [5.74, 6) is 1.15. The van der Waals surface area contributed by atoms with Gasteiger partial charge < -0.3 is 15.5 Å². The summed E-state index contributed by atoms with van der Waals surface area (Å²) >= 11 is 0. The van der Waals surface area contributed by atoms with Crippen molar-refractivity contribution in [2.75, 3.05) is 11.9 Å². The first kappa shape index (κ1) is 11.5.